The number of likely N-dealkylation sites (tertiary alicyclic amines) is 1. The summed E-state index contributed by atoms with van der Waals surface area (Å²) in [6, 6.07) is 26.0. The summed E-state index contributed by atoms with van der Waals surface area (Å²) in [5, 5.41) is 2.77. The minimum Gasteiger partial charge on any atom is -0.467 e. The van der Waals surface area contributed by atoms with Crippen LogP contribution in [0.1, 0.15) is 59.1 Å². The number of rotatable bonds is 8. The minimum atomic E-state index is -1.02. The number of amides is 2. The van der Waals surface area contributed by atoms with Crippen LogP contribution in [0, 0.1) is 5.41 Å². The number of esters is 1. The smallest absolute Gasteiger partial charge is 0.408 e. The van der Waals surface area contributed by atoms with E-state index in [0.29, 0.717) is 0 Å². The Morgan fingerprint density at radius 1 is 0.864 bits per heavy atom. The third-order valence-electron chi connectivity index (χ3n) is 7.73. The van der Waals surface area contributed by atoms with Gasteiger partial charge in [-0.15, -0.1) is 0 Å². The Morgan fingerprint density at radius 2 is 1.43 bits per heavy atom. The Kier molecular flexibility index (Phi) is 9.84. The fourth-order valence-electron chi connectivity index (χ4n) is 5.48. The summed E-state index contributed by atoms with van der Waals surface area (Å²) >= 11 is 0. The number of carbonyl (C=O) groups excluding carboxylic acids is 3. The lowest BCUT2D eigenvalue weighted by molar-refractivity contribution is -0.152. The van der Waals surface area contributed by atoms with Gasteiger partial charge in [-0.25, -0.2) is 9.59 Å². The Labute approximate surface area is 260 Å². The van der Waals surface area contributed by atoms with Gasteiger partial charge in [0, 0.05) is 6.42 Å². The van der Waals surface area contributed by atoms with E-state index in [0.717, 1.165) is 22.3 Å². The molecule has 3 atom stereocenters. The summed E-state index contributed by atoms with van der Waals surface area (Å²) in [5.41, 5.74) is 1.46. The Bertz CT molecular complexity index is 1430. The van der Waals surface area contributed by atoms with Crippen LogP contribution in [-0.4, -0.2) is 54.2 Å². The number of methoxy groups -OCH3 is 1. The van der Waals surface area contributed by atoms with Gasteiger partial charge in [-0.1, -0.05) is 106 Å². The predicted molar refractivity (Wildman–Crippen MR) is 170 cm³/mol. The van der Waals surface area contributed by atoms with E-state index in [1.54, 1.807) is 20.8 Å². The predicted octanol–water partition coefficient (Wildman–Crippen LogP) is 6.48. The first-order valence-electron chi connectivity index (χ1n) is 14.9. The van der Waals surface area contributed by atoms with Crippen LogP contribution in [-0.2, 0) is 36.0 Å². The maximum atomic E-state index is 14.3. The van der Waals surface area contributed by atoms with Crippen molar-refractivity contribution in [1.82, 2.24) is 10.2 Å². The van der Waals surface area contributed by atoms with Crippen molar-refractivity contribution in [2.24, 2.45) is 5.41 Å². The number of hydrogen-bond donors (Lipinski definition) is 1. The molecule has 1 aliphatic heterocycles. The third kappa shape index (κ3) is 7.85. The van der Waals surface area contributed by atoms with Gasteiger partial charge in [0.05, 0.1) is 20.3 Å². The zero-order valence-electron chi connectivity index (χ0n) is 26.8. The van der Waals surface area contributed by atoms with Gasteiger partial charge in [0.25, 0.3) is 0 Å². The molecule has 2 unspecified atom stereocenters. The van der Waals surface area contributed by atoms with Crippen LogP contribution in [0.3, 0.4) is 0 Å². The average molecular weight is 601 g/mol. The first-order valence-corrected chi connectivity index (χ1v) is 14.9. The first kappa shape index (κ1) is 32.7. The third-order valence-corrected chi connectivity index (χ3v) is 7.73. The lowest BCUT2D eigenvalue weighted by atomic mass is 9.85. The Morgan fingerprint density at radius 3 is 1.98 bits per heavy atom. The number of nitrogens with zero attached hydrogens (tertiary/aromatic N) is 1. The molecule has 234 valence electrons. The van der Waals surface area contributed by atoms with E-state index < -0.39 is 46.7 Å². The van der Waals surface area contributed by atoms with Gasteiger partial charge in [0.15, 0.2) is 0 Å². The fourth-order valence-corrected chi connectivity index (χ4v) is 5.48. The van der Waals surface area contributed by atoms with Gasteiger partial charge >= 0.3 is 12.1 Å². The fraction of sp³-hybridized carbons (Fsp3) is 0.417. The molecule has 8 heteroatoms. The molecular formula is C36H44N2O6. The molecule has 3 aromatic rings. The summed E-state index contributed by atoms with van der Waals surface area (Å²) in [6.45, 7) is 11.2. The summed E-state index contributed by atoms with van der Waals surface area (Å²) in [7, 11) is 1.31. The van der Waals surface area contributed by atoms with E-state index in [1.165, 1.54) is 12.0 Å². The van der Waals surface area contributed by atoms with Crippen molar-refractivity contribution in [2.45, 2.75) is 77.9 Å². The number of benzene rings is 3. The van der Waals surface area contributed by atoms with E-state index in [2.05, 4.69) is 5.32 Å². The molecule has 0 aliphatic carbocycles. The zero-order valence-corrected chi connectivity index (χ0v) is 26.8. The number of hydrogen-bond acceptors (Lipinski definition) is 6. The molecule has 1 N–H and O–H groups in total. The molecule has 0 radical (unpaired) electrons. The van der Waals surface area contributed by atoms with Crippen LogP contribution in [0.4, 0.5) is 4.79 Å². The molecule has 1 saturated heterocycles. The molecule has 0 bridgehead atoms. The van der Waals surface area contributed by atoms with Crippen molar-refractivity contribution in [1.29, 1.82) is 0 Å². The maximum Gasteiger partial charge on any atom is 0.408 e. The second-order valence-electron chi connectivity index (χ2n) is 13.4. The van der Waals surface area contributed by atoms with Gasteiger partial charge in [-0.05, 0) is 48.4 Å². The van der Waals surface area contributed by atoms with Gasteiger partial charge < -0.3 is 24.4 Å². The topological polar surface area (TPSA) is 94.2 Å². The maximum absolute atomic E-state index is 14.3. The highest BCUT2D eigenvalue weighted by atomic mass is 16.6. The molecule has 1 fully saturated rings. The summed E-state index contributed by atoms with van der Waals surface area (Å²) in [6.07, 6.45) is -0.519. The highest BCUT2D eigenvalue weighted by Gasteiger charge is 2.53. The lowest BCUT2D eigenvalue weighted by Gasteiger charge is -2.36. The van der Waals surface area contributed by atoms with E-state index >= 15 is 0 Å². The molecule has 4 rings (SSSR count). The van der Waals surface area contributed by atoms with E-state index in [9.17, 15) is 14.4 Å². The molecule has 8 nitrogen and oxygen atoms in total. The molecule has 0 saturated carbocycles. The highest BCUT2D eigenvalue weighted by molar-refractivity contribution is 5.91. The summed E-state index contributed by atoms with van der Waals surface area (Å²) in [5.74, 6) is -0.959. The van der Waals surface area contributed by atoms with Crippen molar-refractivity contribution in [3.05, 3.63) is 96.1 Å². The van der Waals surface area contributed by atoms with Crippen molar-refractivity contribution in [3.63, 3.8) is 0 Å². The van der Waals surface area contributed by atoms with Crippen LogP contribution >= 0.6 is 0 Å². The summed E-state index contributed by atoms with van der Waals surface area (Å²) in [4.78, 5) is 41.9. The molecule has 1 heterocycles. The Hall–Kier alpha value is -4.17. The normalized spacial score (nSPS) is 19.2. The number of alkyl carbamates (subject to hydrolysis) is 1. The van der Waals surface area contributed by atoms with Crippen molar-refractivity contribution in [3.8, 4) is 11.1 Å². The second kappa shape index (κ2) is 13.2. The molecule has 2 amide bonds. The van der Waals surface area contributed by atoms with Crippen LogP contribution in [0.15, 0.2) is 84.9 Å². The number of ether oxygens (including phenoxy) is 3. The number of nitrogens with one attached hydrogen (secondary N) is 1. The largest absolute Gasteiger partial charge is 0.467 e. The molecule has 1 aliphatic rings. The minimum absolute atomic E-state index is 0.0890. The molecule has 0 aromatic heterocycles. The molecular weight excluding hydrogens is 556 g/mol. The van der Waals surface area contributed by atoms with E-state index in [4.69, 9.17) is 14.2 Å². The molecule has 44 heavy (non-hydrogen) atoms. The van der Waals surface area contributed by atoms with Crippen LogP contribution < -0.4 is 5.32 Å². The van der Waals surface area contributed by atoms with Gasteiger partial charge in [0.1, 0.15) is 23.3 Å². The first-order chi connectivity index (χ1) is 20.7. The van der Waals surface area contributed by atoms with Crippen molar-refractivity contribution >= 4 is 18.0 Å². The van der Waals surface area contributed by atoms with E-state index in [1.807, 2.05) is 106 Å². The average Bonchev–Trinajstić information content (AvgIpc) is 3.39. The quantitative estimate of drug-likeness (QED) is 0.298. The van der Waals surface area contributed by atoms with Gasteiger partial charge in [0.2, 0.25) is 5.91 Å². The van der Waals surface area contributed by atoms with Crippen molar-refractivity contribution < 1.29 is 28.6 Å². The molecule has 3 aromatic carbocycles. The van der Waals surface area contributed by atoms with Gasteiger partial charge in [-0.2, -0.15) is 0 Å². The highest BCUT2D eigenvalue weighted by Crippen LogP contribution is 2.42. The van der Waals surface area contributed by atoms with E-state index in [-0.39, 0.29) is 19.6 Å². The SMILES string of the molecule is COC(=O)C1C[C@@](OCc2ccccc2)(c2ccc(-c3ccccc3)cc2)CN1C(=O)C(NC(=O)OC(C)(C)C)C(C)(C)C. The van der Waals surface area contributed by atoms with Crippen molar-refractivity contribution in [2.75, 3.05) is 13.7 Å². The van der Waals surface area contributed by atoms with Crippen LogP contribution in [0.25, 0.3) is 11.1 Å². The lowest BCUT2D eigenvalue weighted by Crippen LogP contribution is -2.57. The Balaban J connectivity index is 1.73. The zero-order chi connectivity index (χ0) is 32.1. The van der Waals surface area contributed by atoms with Gasteiger partial charge in [-0.3, -0.25) is 4.79 Å². The number of carbonyl (C=O) groups is 3. The monoisotopic (exact) mass is 600 g/mol. The van der Waals surface area contributed by atoms with Crippen LogP contribution in [0.5, 0.6) is 0 Å². The van der Waals surface area contributed by atoms with Crippen LogP contribution in [0.2, 0.25) is 0 Å². The summed E-state index contributed by atoms with van der Waals surface area (Å²) < 4.78 is 17.4. The molecule has 0 spiro atoms. The standard InChI is InChI=1S/C36H44N2O6/c1-34(2,3)30(37-33(41)44-35(4,5)6)31(39)38-24-36(22-29(38)32(40)42-7,43-23-25-14-10-8-11-15-25)28-20-18-27(19-21-28)26-16-12-9-13-17-26/h8-21,29-30H,22-24H2,1-7H3,(H,37,41)/t29?,30?,36-/m0/s1. The second-order valence-corrected chi connectivity index (χ2v) is 13.4.